The maximum Gasteiger partial charge on any atom is 0.330 e. The van der Waals surface area contributed by atoms with Crippen LogP contribution < -0.4 is 0 Å². The fourth-order valence-electron chi connectivity index (χ4n) is 2.20. The van der Waals surface area contributed by atoms with E-state index in [1.165, 1.54) is 13.2 Å². The van der Waals surface area contributed by atoms with Gasteiger partial charge in [-0.3, -0.25) is 4.68 Å². The highest BCUT2D eigenvalue weighted by Gasteiger charge is 2.08. The molecule has 4 nitrogen and oxygen atoms in total. The highest BCUT2D eigenvalue weighted by molar-refractivity contribution is 5.87. The first kappa shape index (κ1) is 15.8. The molecule has 2 rings (SSSR count). The lowest BCUT2D eigenvalue weighted by Gasteiger charge is -2.00. The zero-order chi connectivity index (χ0) is 15.9. The molecule has 114 valence electrons. The van der Waals surface area contributed by atoms with Crippen molar-refractivity contribution >= 4 is 18.1 Å². The van der Waals surface area contributed by atoms with E-state index in [0.717, 1.165) is 22.5 Å². The van der Waals surface area contributed by atoms with E-state index in [-0.39, 0.29) is 5.97 Å². The van der Waals surface area contributed by atoms with Crippen molar-refractivity contribution in [3.63, 3.8) is 0 Å². The topological polar surface area (TPSA) is 44.1 Å². The van der Waals surface area contributed by atoms with E-state index in [1.54, 1.807) is 6.08 Å². The van der Waals surface area contributed by atoms with Crippen LogP contribution in [0, 0.1) is 13.8 Å². The Morgan fingerprint density at radius 3 is 2.64 bits per heavy atom. The average Bonchev–Trinajstić information content (AvgIpc) is 2.80. The second kappa shape index (κ2) is 7.41. The highest BCUT2D eigenvalue weighted by atomic mass is 16.5. The number of hydrogen-bond acceptors (Lipinski definition) is 3. The molecule has 0 unspecified atom stereocenters. The van der Waals surface area contributed by atoms with Crippen LogP contribution in [0.25, 0.3) is 12.2 Å². The van der Waals surface area contributed by atoms with E-state index in [0.29, 0.717) is 6.54 Å². The Morgan fingerprint density at radius 1 is 1.23 bits per heavy atom. The van der Waals surface area contributed by atoms with Gasteiger partial charge in [-0.05, 0) is 25.5 Å². The van der Waals surface area contributed by atoms with E-state index >= 15 is 0 Å². The third-order valence-corrected chi connectivity index (χ3v) is 3.41. The molecule has 0 bridgehead atoms. The van der Waals surface area contributed by atoms with Gasteiger partial charge in [0.2, 0.25) is 0 Å². The normalized spacial score (nSPS) is 11.4. The van der Waals surface area contributed by atoms with Crippen LogP contribution in [0.2, 0.25) is 0 Å². The van der Waals surface area contributed by atoms with Gasteiger partial charge >= 0.3 is 5.97 Å². The number of carbonyl (C=O) groups excluding carboxylic acids is 1. The second-order valence-corrected chi connectivity index (χ2v) is 4.94. The van der Waals surface area contributed by atoms with Crippen molar-refractivity contribution in [2.24, 2.45) is 0 Å². The number of aryl methyl sites for hydroxylation is 1. The Kier molecular flexibility index (Phi) is 5.31. The van der Waals surface area contributed by atoms with Crippen LogP contribution in [0.4, 0.5) is 0 Å². The molecule has 0 amide bonds. The molecule has 0 N–H and O–H groups in total. The zero-order valence-corrected chi connectivity index (χ0v) is 13.1. The van der Waals surface area contributed by atoms with Gasteiger partial charge in [-0.25, -0.2) is 4.79 Å². The van der Waals surface area contributed by atoms with Gasteiger partial charge in [0.05, 0.1) is 19.3 Å². The number of methoxy groups -OCH3 is 1. The summed E-state index contributed by atoms with van der Waals surface area (Å²) in [5, 5.41) is 4.51. The Morgan fingerprint density at radius 2 is 1.95 bits per heavy atom. The molecule has 0 radical (unpaired) electrons. The number of nitrogens with zero attached hydrogens (tertiary/aromatic N) is 2. The quantitative estimate of drug-likeness (QED) is 0.627. The van der Waals surface area contributed by atoms with Crippen LogP contribution in [-0.2, 0) is 16.1 Å². The number of benzene rings is 1. The Bertz CT molecular complexity index is 697. The first-order chi connectivity index (χ1) is 10.6. The van der Waals surface area contributed by atoms with Crippen LogP contribution in [0.3, 0.4) is 0 Å². The van der Waals surface area contributed by atoms with Crippen molar-refractivity contribution < 1.29 is 9.53 Å². The van der Waals surface area contributed by atoms with Gasteiger partial charge in [0.15, 0.2) is 0 Å². The van der Waals surface area contributed by atoms with E-state index in [4.69, 9.17) is 0 Å². The largest absolute Gasteiger partial charge is 0.466 e. The molecule has 0 fully saturated rings. The first-order valence-corrected chi connectivity index (χ1v) is 7.13. The van der Waals surface area contributed by atoms with Crippen molar-refractivity contribution in [3.05, 3.63) is 65.0 Å². The second-order valence-electron chi connectivity index (χ2n) is 4.94. The highest BCUT2D eigenvalue weighted by Crippen LogP contribution is 2.15. The molecule has 1 heterocycles. The maximum absolute atomic E-state index is 11.2. The molecular formula is C18H20N2O2. The molecule has 4 heteroatoms. The molecule has 0 aliphatic heterocycles. The van der Waals surface area contributed by atoms with Crippen molar-refractivity contribution in [1.82, 2.24) is 9.78 Å². The van der Waals surface area contributed by atoms with Gasteiger partial charge in [-0.15, -0.1) is 0 Å². The average molecular weight is 296 g/mol. The van der Waals surface area contributed by atoms with Crippen molar-refractivity contribution in [3.8, 4) is 0 Å². The van der Waals surface area contributed by atoms with Crippen LogP contribution >= 0.6 is 0 Å². The lowest BCUT2D eigenvalue weighted by atomic mass is 10.2. The summed E-state index contributed by atoms with van der Waals surface area (Å²) >= 11 is 0. The zero-order valence-electron chi connectivity index (χ0n) is 13.1. The molecule has 0 aliphatic rings. The van der Waals surface area contributed by atoms with E-state index < -0.39 is 0 Å². The lowest BCUT2D eigenvalue weighted by molar-refractivity contribution is -0.134. The summed E-state index contributed by atoms with van der Waals surface area (Å²) in [4.78, 5) is 11.2. The molecule has 0 aliphatic carbocycles. The van der Waals surface area contributed by atoms with Crippen LogP contribution in [0.5, 0.6) is 0 Å². The molecule has 1 aromatic heterocycles. The fourth-order valence-corrected chi connectivity index (χ4v) is 2.20. The number of aromatic nitrogens is 2. The van der Waals surface area contributed by atoms with E-state index in [2.05, 4.69) is 34.1 Å². The summed E-state index contributed by atoms with van der Waals surface area (Å²) < 4.78 is 6.53. The predicted molar refractivity (Wildman–Crippen MR) is 88.2 cm³/mol. The van der Waals surface area contributed by atoms with Gasteiger partial charge in [0, 0.05) is 17.3 Å². The monoisotopic (exact) mass is 296 g/mol. The Balaban J connectivity index is 2.11. The number of carbonyl (C=O) groups is 1. The lowest BCUT2D eigenvalue weighted by Crippen LogP contribution is -2.00. The number of rotatable bonds is 5. The minimum atomic E-state index is -0.365. The molecule has 0 saturated heterocycles. The van der Waals surface area contributed by atoms with Gasteiger partial charge in [0.1, 0.15) is 0 Å². The van der Waals surface area contributed by atoms with Gasteiger partial charge in [-0.2, -0.15) is 5.10 Å². The van der Waals surface area contributed by atoms with Gasteiger partial charge in [0.25, 0.3) is 0 Å². The third kappa shape index (κ3) is 3.95. The number of esters is 1. The summed E-state index contributed by atoms with van der Waals surface area (Å²) in [6, 6.07) is 10.1. The van der Waals surface area contributed by atoms with Crippen molar-refractivity contribution in [2.75, 3.05) is 7.11 Å². The molecule has 0 saturated carbocycles. The molecule has 1 aromatic carbocycles. The Hall–Kier alpha value is -2.62. The fraction of sp³-hybridized carbons (Fsp3) is 0.222. The summed E-state index contributed by atoms with van der Waals surface area (Å²) in [5.41, 5.74) is 4.04. The maximum atomic E-state index is 11.2. The van der Waals surface area contributed by atoms with Gasteiger partial charge < -0.3 is 4.74 Å². The first-order valence-electron chi connectivity index (χ1n) is 7.13. The molecule has 0 spiro atoms. The molecule has 22 heavy (non-hydrogen) atoms. The summed E-state index contributed by atoms with van der Waals surface area (Å²) in [5.74, 6) is -0.365. The summed E-state index contributed by atoms with van der Waals surface area (Å²) in [6.45, 7) is 4.61. The summed E-state index contributed by atoms with van der Waals surface area (Å²) in [7, 11) is 1.37. The Labute approximate surface area is 130 Å². The minimum absolute atomic E-state index is 0.365. The van der Waals surface area contributed by atoms with E-state index in [1.807, 2.05) is 36.7 Å². The smallest absolute Gasteiger partial charge is 0.330 e. The minimum Gasteiger partial charge on any atom is -0.466 e. The van der Waals surface area contributed by atoms with Crippen molar-refractivity contribution in [1.29, 1.82) is 0 Å². The predicted octanol–water partition coefficient (Wildman–Crippen LogP) is 3.40. The number of ether oxygens (including phenoxy) is 1. The van der Waals surface area contributed by atoms with Gasteiger partial charge in [-0.1, -0.05) is 42.5 Å². The van der Waals surface area contributed by atoms with E-state index in [9.17, 15) is 4.79 Å². The van der Waals surface area contributed by atoms with Crippen LogP contribution in [0.15, 0.2) is 42.5 Å². The SMILES string of the molecule is COC(=O)C=Cc1c(C)nn(C/C=C/c2ccccc2)c1C. The van der Waals surface area contributed by atoms with Crippen LogP contribution in [0.1, 0.15) is 22.5 Å². The standard InChI is InChI=1S/C18H20N2O2/c1-14-17(11-12-18(21)22-3)15(2)20(19-14)13-7-10-16-8-5-4-6-9-16/h4-12H,13H2,1-3H3/b10-7+,12-11?. The van der Waals surface area contributed by atoms with Crippen LogP contribution in [-0.4, -0.2) is 22.9 Å². The number of allylic oxidation sites excluding steroid dienone is 1. The van der Waals surface area contributed by atoms with Crippen molar-refractivity contribution in [2.45, 2.75) is 20.4 Å². The molecule has 2 aromatic rings. The summed E-state index contributed by atoms with van der Waals surface area (Å²) in [6.07, 6.45) is 7.31. The molecular weight excluding hydrogens is 276 g/mol. The number of hydrogen-bond donors (Lipinski definition) is 0. The molecule has 0 atom stereocenters. The third-order valence-electron chi connectivity index (χ3n) is 3.41.